The van der Waals surface area contributed by atoms with Crippen molar-refractivity contribution in [2.75, 3.05) is 7.11 Å². The van der Waals surface area contributed by atoms with Crippen molar-refractivity contribution in [1.29, 1.82) is 0 Å². The van der Waals surface area contributed by atoms with E-state index in [-0.39, 0.29) is 31.2 Å². The number of amides is 3. The van der Waals surface area contributed by atoms with Crippen LogP contribution < -0.4 is 21.1 Å². The first-order valence-corrected chi connectivity index (χ1v) is 9.93. The standard InChI is InChI=1S/C22H26ClN3O4/c1-14(16-6-4-3-5-7-16)25-20(27)10-11-21(28)26-18(22(24)29)13-15-8-9-19(30-2)17(23)12-15/h3-9,12,14,18H,10-11,13H2,1-2H3,(H2,24,29)(H,25,27)(H,26,28)/t14-,18-/m1/s1. The Kier molecular flexibility index (Phi) is 8.68. The Morgan fingerprint density at radius 2 is 1.67 bits per heavy atom. The van der Waals surface area contributed by atoms with Gasteiger partial charge in [0.1, 0.15) is 11.8 Å². The van der Waals surface area contributed by atoms with Gasteiger partial charge in [0, 0.05) is 19.3 Å². The molecule has 0 bridgehead atoms. The number of methoxy groups -OCH3 is 1. The highest BCUT2D eigenvalue weighted by Gasteiger charge is 2.20. The van der Waals surface area contributed by atoms with Crippen LogP contribution in [0, 0.1) is 0 Å². The molecule has 2 aromatic rings. The van der Waals surface area contributed by atoms with Crippen LogP contribution in [0.5, 0.6) is 5.75 Å². The number of nitrogens with one attached hydrogen (secondary N) is 2. The highest BCUT2D eigenvalue weighted by atomic mass is 35.5. The van der Waals surface area contributed by atoms with Gasteiger partial charge in [0.15, 0.2) is 0 Å². The number of hydrogen-bond acceptors (Lipinski definition) is 4. The van der Waals surface area contributed by atoms with Crippen LogP contribution in [-0.4, -0.2) is 30.9 Å². The zero-order valence-corrected chi connectivity index (χ0v) is 17.7. The Morgan fingerprint density at radius 1 is 1.03 bits per heavy atom. The van der Waals surface area contributed by atoms with E-state index in [0.29, 0.717) is 10.8 Å². The molecule has 7 nitrogen and oxygen atoms in total. The fourth-order valence-electron chi connectivity index (χ4n) is 2.93. The largest absolute Gasteiger partial charge is 0.495 e. The summed E-state index contributed by atoms with van der Waals surface area (Å²) in [5.41, 5.74) is 7.12. The Balaban J connectivity index is 1.85. The molecule has 0 aromatic heterocycles. The average Bonchev–Trinajstić information content (AvgIpc) is 2.72. The molecule has 0 saturated carbocycles. The first kappa shape index (κ1) is 23.2. The third-order valence-corrected chi connectivity index (χ3v) is 4.89. The van der Waals surface area contributed by atoms with Crippen LogP contribution in [0.25, 0.3) is 0 Å². The van der Waals surface area contributed by atoms with Gasteiger partial charge < -0.3 is 21.1 Å². The SMILES string of the molecule is COc1ccc(C[C@@H](NC(=O)CCC(=O)N[C@H](C)c2ccccc2)C(N)=O)cc1Cl. The smallest absolute Gasteiger partial charge is 0.240 e. The number of primary amides is 1. The van der Waals surface area contributed by atoms with Gasteiger partial charge >= 0.3 is 0 Å². The molecule has 0 aliphatic heterocycles. The van der Waals surface area contributed by atoms with Crippen molar-refractivity contribution in [3.05, 3.63) is 64.7 Å². The normalized spacial score (nSPS) is 12.5. The fourth-order valence-corrected chi connectivity index (χ4v) is 3.21. The van der Waals surface area contributed by atoms with E-state index in [9.17, 15) is 14.4 Å². The van der Waals surface area contributed by atoms with E-state index in [1.54, 1.807) is 18.2 Å². The molecule has 3 amide bonds. The van der Waals surface area contributed by atoms with Gasteiger partial charge in [-0.2, -0.15) is 0 Å². The molecule has 4 N–H and O–H groups in total. The summed E-state index contributed by atoms with van der Waals surface area (Å²) < 4.78 is 5.10. The van der Waals surface area contributed by atoms with E-state index in [2.05, 4.69) is 10.6 Å². The Labute approximate surface area is 180 Å². The Bertz CT molecular complexity index is 889. The maximum atomic E-state index is 12.2. The molecule has 8 heteroatoms. The van der Waals surface area contributed by atoms with Gasteiger partial charge in [-0.3, -0.25) is 14.4 Å². The second-order valence-corrected chi connectivity index (χ2v) is 7.30. The van der Waals surface area contributed by atoms with Crippen LogP contribution >= 0.6 is 11.6 Å². The van der Waals surface area contributed by atoms with Crippen LogP contribution in [0.3, 0.4) is 0 Å². The monoisotopic (exact) mass is 431 g/mol. The van der Waals surface area contributed by atoms with Crippen molar-refractivity contribution in [3.63, 3.8) is 0 Å². The third kappa shape index (κ3) is 7.08. The van der Waals surface area contributed by atoms with Gasteiger partial charge in [-0.25, -0.2) is 0 Å². The number of halogens is 1. The summed E-state index contributed by atoms with van der Waals surface area (Å²) in [6.45, 7) is 1.87. The minimum atomic E-state index is -0.909. The summed E-state index contributed by atoms with van der Waals surface area (Å²) in [6.07, 6.45) is 0.130. The van der Waals surface area contributed by atoms with E-state index in [1.165, 1.54) is 7.11 Å². The number of ether oxygens (including phenoxy) is 1. The molecule has 0 fully saturated rings. The van der Waals surface area contributed by atoms with Gasteiger partial charge in [-0.15, -0.1) is 0 Å². The van der Waals surface area contributed by atoms with E-state index in [4.69, 9.17) is 22.1 Å². The van der Waals surface area contributed by atoms with Crippen LogP contribution in [0.2, 0.25) is 5.02 Å². The topological polar surface area (TPSA) is 111 Å². The summed E-state index contributed by atoms with van der Waals surface area (Å²) in [5, 5.41) is 5.83. The first-order chi connectivity index (χ1) is 14.3. The number of carbonyl (C=O) groups excluding carboxylic acids is 3. The zero-order chi connectivity index (χ0) is 22.1. The van der Waals surface area contributed by atoms with Gasteiger partial charge in [-0.1, -0.05) is 48.0 Å². The average molecular weight is 432 g/mol. The molecule has 30 heavy (non-hydrogen) atoms. The Hall–Kier alpha value is -3.06. The highest BCUT2D eigenvalue weighted by Crippen LogP contribution is 2.25. The summed E-state index contributed by atoms with van der Waals surface area (Å²) in [6, 6.07) is 13.5. The van der Waals surface area contributed by atoms with E-state index in [0.717, 1.165) is 11.1 Å². The molecule has 0 aliphatic rings. The second-order valence-electron chi connectivity index (χ2n) is 6.90. The molecule has 2 atom stereocenters. The third-order valence-electron chi connectivity index (χ3n) is 4.59. The molecule has 0 heterocycles. The van der Waals surface area contributed by atoms with Crippen LogP contribution in [0.1, 0.15) is 36.9 Å². The lowest BCUT2D eigenvalue weighted by atomic mass is 10.0. The van der Waals surface area contributed by atoms with E-state index < -0.39 is 17.9 Å². The predicted molar refractivity (Wildman–Crippen MR) is 115 cm³/mol. The van der Waals surface area contributed by atoms with Crippen molar-refractivity contribution in [2.24, 2.45) is 5.73 Å². The van der Waals surface area contributed by atoms with Crippen LogP contribution in [0.15, 0.2) is 48.5 Å². The lowest BCUT2D eigenvalue weighted by molar-refractivity contribution is -0.129. The number of hydrogen-bond donors (Lipinski definition) is 3. The lowest BCUT2D eigenvalue weighted by Gasteiger charge is -2.17. The summed E-state index contributed by atoms with van der Waals surface area (Å²) >= 11 is 6.10. The summed E-state index contributed by atoms with van der Waals surface area (Å²) in [4.78, 5) is 36.1. The maximum Gasteiger partial charge on any atom is 0.240 e. The maximum absolute atomic E-state index is 12.2. The minimum absolute atomic E-state index is 0.00283. The Morgan fingerprint density at radius 3 is 2.23 bits per heavy atom. The number of carbonyl (C=O) groups is 3. The molecular weight excluding hydrogens is 406 g/mol. The molecule has 0 spiro atoms. The minimum Gasteiger partial charge on any atom is -0.495 e. The number of benzene rings is 2. The van der Waals surface area contributed by atoms with E-state index in [1.807, 2.05) is 37.3 Å². The molecule has 2 rings (SSSR count). The fraction of sp³-hybridized carbons (Fsp3) is 0.318. The van der Waals surface area contributed by atoms with Crippen LogP contribution in [-0.2, 0) is 20.8 Å². The molecule has 0 radical (unpaired) electrons. The first-order valence-electron chi connectivity index (χ1n) is 9.55. The quantitative estimate of drug-likeness (QED) is 0.536. The number of nitrogens with two attached hydrogens (primary N) is 1. The summed E-state index contributed by atoms with van der Waals surface area (Å²) in [5.74, 6) is -0.840. The van der Waals surface area contributed by atoms with Crippen molar-refractivity contribution in [1.82, 2.24) is 10.6 Å². The van der Waals surface area contributed by atoms with Crippen molar-refractivity contribution in [2.45, 2.75) is 38.3 Å². The molecule has 0 aliphatic carbocycles. The lowest BCUT2D eigenvalue weighted by Crippen LogP contribution is -2.46. The molecular formula is C22H26ClN3O4. The van der Waals surface area contributed by atoms with Crippen molar-refractivity contribution < 1.29 is 19.1 Å². The number of rotatable bonds is 10. The van der Waals surface area contributed by atoms with E-state index >= 15 is 0 Å². The second kappa shape index (κ2) is 11.2. The van der Waals surface area contributed by atoms with Crippen LogP contribution in [0.4, 0.5) is 0 Å². The summed E-state index contributed by atoms with van der Waals surface area (Å²) in [7, 11) is 1.50. The van der Waals surface area contributed by atoms with Gasteiger partial charge in [0.05, 0.1) is 18.2 Å². The van der Waals surface area contributed by atoms with Gasteiger partial charge in [0.2, 0.25) is 17.7 Å². The highest BCUT2D eigenvalue weighted by molar-refractivity contribution is 6.32. The van der Waals surface area contributed by atoms with Crippen molar-refractivity contribution >= 4 is 29.3 Å². The zero-order valence-electron chi connectivity index (χ0n) is 17.0. The predicted octanol–water partition coefficient (Wildman–Crippen LogP) is 2.52. The molecule has 0 unspecified atom stereocenters. The van der Waals surface area contributed by atoms with Gasteiger partial charge in [0.25, 0.3) is 0 Å². The molecule has 160 valence electrons. The van der Waals surface area contributed by atoms with Gasteiger partial charge in [-0.05, 0) is 30.2 Å². The molecule has 0 saturated heterocycles. The van der Waals surface area contributed by atoms with Crippen molar-refractivity contribution in [3.8, 4) is 5.75 Å². The molecule has 2 aromatic carbocycles.